The third-order valence-corrected chi connectivity index (χ3v) is 5.69. The molecular formula is C27H29N7O. The zero-order chi connectivity index (χ0) is 24.8. The Morgan fingerprint density at radius 2 is 1.77 bits per heavy atom. The summed E-state index contributed by atoms with van der Waals surface area (Å²) in [7, 11) is 0. The molecule has 4 aromatic rings. The predicted molar refractivity (Wildman–Crippen MR) is 140 cm³/mol. The van der Waals surface area contributed by atoms with Gasteiger partial charge in [-0.05, 0) is 56.7 Å². The average molecular weight is 468 g/mol. The van der Waals surface area contributed by atoms with E-state index in [2.05, 4.69) is 20.9 Å². The van der Waals surface area contributed by atoms with E-state index < -0.39 is 5.41 Å². The van der Waals surface area contributed by atoms with E-state index in [1.165, 1.54) is 0 Å². The van der Waals surface area contributed by atoms with Crippen LogP contribution >= 0.6 is 0 Å². The van der Waals surface area contributed by atoms with Crippen LogP contribution in [0.5, 0.6) is 11.5 Å². The molecule has 0 unspecified atom stereocenters. The van der Waals surface area contributed by atoms with E-state index in [4.69, 9.17) is 21.3 Å². The molecular weight excluding hydrogens is 438 g/mol. The maximum atomic E-state index is 6.24. The van der Waals surface area contributed by atoms with Crippen molar-refractivity contribution >= 4 is 17.3 Å². The lowest BCUT2D eigenvalue weighted by Gasteiger charge is -2.25. The molecule has 8 heteroatoms. The van der Waals surface area contributed by atoms with Crippen LogP contribution in [0.3, 0.4) is 0 Å². The summed E-state index contributed by atoms with van der Waals surface area (Å²) in [4.78, 5) is 9.15. The van der Waals surface area contributed by atoms with Gasteiger partial charge >= 0.3 is 0 Å². The molecule has 2 aromatic heterocycles. The quantitative estimate of drug-likeness (QED) is 0.124. The number of anilines is 2. The van der Waals surface area contributed by atoms with Crippen molar-refractivity contribution in [2.45, 2.75) is 26.2 Å². The highest BCUT2D eigenvalue weighted by molar-refractivity contribution is 5.91. The van der Waals surface area contributed by atoms with Crippen LogP contribution in [0.1, 0.15) is 25.1 Å². The number of hydrogen-bond acceptors (Lipinski definition) is 7. The lowest BCUT2D eigenvalue weighted by Crippen LogP contribution is -2.38. The van der Waals surface area contributed by atoms with E-state index in [0.29, 0.717) is 23.2 Å². The molecule has 4 rings (SSSR count). The molecule has 0 radical (unpaired) electrons. The van der Waals surface area contributed by atoms with Crippen LogP contribution in [0.15, 0.2) is 90.2 Å². The molecule has 0 aliphatic rings. The number of nitrogens with two attached hydrogens (primary N) is 2. The highest BCUT2D eigenvalue weighted by Gasteiger charge is 2.26. The molecule has 35 heavy (non-hydrogen) atoms. The van der Waals surface area contributed by atoms with Gasteiger partial charge in [-0.2, -0.15) is 5.10 Å². The fraction of sp³-hybridized carbons (Fsp3) is 0.148. The first-order chi connectivity index (χ1) is 16.9. The Morgan fingerprint density at radius 1 is 0.971 bits per heavy atom. The lowest BCUT2D eigenvalue weighted by atomic mass is 9.83. The number of nitrogens with one attached hydrogen (secondary N) is 2. The molecule has 0 atom stereocenters. The van der Waals surface area contributed by atoms with E-state index in [0.717, 1.165) is 28.2 Å². The molecule has 0 spiro atoms. The van der Waals surface area contributed by atoms with Crippen LogP contribution in [-0.4, -0.2) is 15.8 Å². The number of hydrogen-bond donors (Lipinski definition) is 4. The Balaban J connectivity index is 1.58. The first-order valence-corrected chi connectivity index (χ1v) is 11.2. The van der Waals surface area contributed by atoms with Crippen molar-refractivity contribution in [2.24, 2.45) is 16.7 Å². The number of aryl methyl sites for hydroxylation is 1. The van der Waals surface area contributed by atoms with Crippen LogP contribution in [0.25, 0.3) is 11.3 Å². The van der Waals surface area contributed by atoms with Crippen molar-refractivity contribution in [1.29, 1.82) is 0 Å². The highest BCUT2D eigenvalue weighted by atomic mass is 16.5. The number of hydrazine groups is 1. The Kier molecular flexibility index (Phi) is 6.93. The molecule has 6 N–H and O–H groups in total. The lowest BCUT2D eigenvalue weighted by molar-refractivity contribution is 0.482. The summed E-state index contributed by atoms with van der Waals surface area (Å²) in [6.07, 6.45) is 1.70. The second-order valence-corrected chi connectivity index (χ2v) is 8.60. The number of benzene rings is 2. The van der Waals surface area contributed by atoms with Crippen molar-refractivity contribution in [2.75, 3.05) is 5.32 Å². The summed E-state index contributed by atoms with van der Waals surface area (Å²) in [5.41, 5.74) is 12.4. The molecule has 0 aliphatic heterocycles. The summed E-state index contributed by atoms with van der Waals surface area (Å²) in [6, 6.07) is 25.4. The van der Waals surface area contributed by atoms with E-state index >= 15 is 0 Å². The van der Waals surface area contributed by atoms with Crippen LogP contribution in [0.2, 0.25) is 0 Å². The van der Waals surface area contributed by atoms with Crippen molar-refractivity contribution in [3.05, 3.63) is 96.3 Å². The first kappa shape index (κ1) is 23.7. The van der Waals surface area contributed by atoms with Gasteiger partial charge in [-0.25, -0.2) is 21.3 Å². The molecule has 2 heterocycles. The monoisotopic (exact) mass is 467 g/mol. The number of pyridine rings is 2. The molecule has 0 bridgehead atoms. The molecule has 0 saturated heterocycles. The zero-order valence-electron chi connectivity index (χ0n) is 20.0. The Bertz CT molecular complexity index is 1340. The van der Waals surface area contributed by atoms with E-state index in [9.17, 15) is 0 Å². The minimum atomic E-state index is -0.519. The van der Waals surface area contributed by atoms with E-state index in [-0.39, 0.29) is 0 Å². The maximum Gasteiger partial charge on any atom is 0.153 e. The first-order valence-electron chi connectivity index (χ1n) is 11.2. The summed E-state index contributed by atoms with van der Waals surface area (Å²) in [5.74, 6) is 7.64. The normalized spacial score (nSPS) is 11.7. The van der Waals surface area contributed by atoms with Crippen LogP contribution in [0.4, 0.5) is 11.5 Å². The second kappa shape index (κ2) is 10.2. The summed E-state index contributed by atoms with van der Waals surface area (Å²) in [6.45, 7) is 5.93. The number of hydrazone groups is 1. The zero-order valence-corrected chi connectivity index (χ0v) is 20.0. The predicted octanol–water partition coefficient (Wildman–Crippen LogP) is 5.00. The van der Waals surface area contributed by atoms with Gasteiger partial charge < -0.3 is 15.8 Å². The fourth-order valence-corrected chi connectivity index (χ4v) is 3.59. The molecule has 0 amide bonds. The van der Waals surface area contributed by atoms with Crippen molar-refractivity contribution < 1.29 is 4.74 Å². The smallest absolute Gasteiger partial charge is 0.153 e. The van der Waals surface area contributed by atoms with Gasteiger partial charge in [0, 0.05) is 34.6 Å². The summed E-state index contributed by atoms with van der Waals surface area (Å²) >= 11 is 0. The number of ether oxygens (including phenoxy) is 1. The van der Waals surface area contributed by atoms with Crippen LogP contribution < -0.4 is 27.2 Å². The number of amidine groups is 1. The largest absolute Gasteiger partial charge is 0.455 e. The van der Waals surface area contributed by atoms with Gasteiger partial charge in [-0.3, -0.25) is 0 Å². The molecule has 2 aromatic carbocycles. The van der Waals surface area contributed by atoms with Crippen LogP contribution in [0, 0.1) is 6.92 Å². The maximum absolute atomic E-state index is 6.24. The molecule has 0 aliphatic carbocycles. The minimum absolute atomic E-state index is 0.381. The van der Waals surface area contributed by atoms with Gasteiger partial charge in [-0.1, -0.05) is 42.5 Å². The van der Waals surface area contributed by atoms with Crippen molar-refractivity contribution in [3.63, 3.8) is 0 Å². The third kappa shape index (κ3) is 5.56. The Morgan fingerprint density at radius 3 is 2.54 bits per heavy atom. The summed E-state index contributed by atoms with van der Waals surface area (Å²) < 4.78 is 6.24. The van der Waals surface area contributed by atoms with Gasteiger partial charge in [0.25, 0.3) is 0 Å². The fourth-order valence-electron chi connectivity index (χ4n) is 3.59. The van der Waals surface area contributed by atoms with Crippen LogP contribution in [-0.2, 0) is 5.41 Å². The van der Waals surface area contributed by atoms with Gasteiger partial charge in [0.2, 0.25) is 0 Å². The second-order valence-electron chi connectivity index (χ2n) is 8.60. The highest BCUT2D eigenvalue weighted by Crippen LogP contribution is 2.33. The van der Waals surface area contributed by atoms with Gasteiger partial charge in [0.15, 0.2) is 5.75 Å². The average Bonchev–Trinajstić information content (AvgIpc) is 2.86. The number of nitrogens with zero attached hydrogens (tertiary/aromatic N) is 3. The van der Waals surface area contributed by atoms with Gasteiger partial charge in [0.1, 0.15) is 23.1 Å². The Labute approximate surface area is 205 Å². The van der Waals surface area contributed by atoms with Crippen molar-refractivity contribution in [1.82, 2.24) is 15.5 Å². The molecule has 0 saturated carbocycles. The topological polar surface area (TPSA) is 123 Å². The standard InChI is InChI=1S/C27H29N7O/c1-18-12-13-23(25(31-18)19-8-5-4-6-9-19)35-22-14-15-30-24(17-22)32-21-11-7-10-20(16-21)27(2,3)26(28)33-34-29/h4-17,34H,29H2,1-3H3,(H2,28,33)(H,30,32). The minimum Gasteiger partial charge on any atom is -0.455 e. The summed E-state index contributed by atoms with van der Waals surface area (Å²) in [5, 5.41) is 7.28. The third-order valence-electron chi connectivity index (χ3n) is 5.69. The number of aromatic nitrogens is 2. The molecule has 0 fully saturated rings. The van der Waals surface area contributed by atoms with E-state index in [1.807, 2.05) is 99.6 Å². The molecule has 8 nitrogen and oxygen atoms in total. The van der Waals surface area contributed by atoms with Crippen molar-refractivity contribution in [3.8, 4) is 22.8 Å². The SMILES string of the molecule is Cc1ccc(Oc2ccnc(Nc3cccc(C(C)(C)/C(N)=N/NN)c3)c2)c(-c2ccccc2)n1. The van der Waals surface area contributed by atoms with Gasteiger partial charge in [-0.15, -0.1) is 0 Å². The number of rotatable bonds is 8. The Hall–Kier alpha value is -4.43. The molecule has 178 valence electrons. The van der Waals surface area contributed by atoms with Gasteiger partial charge in [0.05, 0.1) is 0 Å². The van der Waals surface area contributed by atoms with E-state index in [1.54, 1.807) is 6.20 Å².